The van der Waals surface area contributed by atoms with Crippen LogP contribution in [0.3, 0.4) is 0 Å². The van der Waals surface area contributed by atoms with Gasteiger partial charge >= 0.3 is 6.09 Å². The van der Waals surface area contributed by atoms with E-state index in [9.17, 15) is 19.5 Å². The molecule has 1 aliphatic rings. The van der Waals surface area contributed by atoms with Crippen LogP contribution in [-0.2, 0) is 4.74 Å². The van der Waals surface area contributed by atoms with Gasteiger partial charge in [0.1, 0.15) is 6.10 Å². The van der Waals surface area contributed by atoms with E-state index in [1.165, 1.54) is 26.9 Å². The molecule has 160 valence electrons. The Kier molecular flexibility index (Phi) is 5.71. The molecule has 10 heteroatoms. The third-order valence-electron chi connectivity index (χ3n) is 4.84. The van der Waals surface area contributed by atoms with Crippen LogP contribution in [0, 0.1) is 6.92 Å². The number of hydrogen-bond donors (Lipinski definition) is 2. The van der Waals surface area contributed by atoms with Gasteiger partial charge in [0.2, 0.25) is 0 Å². The summed E-state index contributed by atoms with van der Waals surface area (Å²) in [5.41, 5.74) is 1.42. The molecule has 1 atom stereocenters. The molecule has 2 amide bonds. The predicted octanol–water partition coefficient (Wildman–Crippen LogP) is 3.32. The first-order valence-electron chi connectivity index (χ1n) is 9.37. The maximum Gasteiger partial charge on any atom is 0.414 e. The highest BCUT2D eigenvalue weighted by Gasteiger charge is 2.33. The number of amides is 2. The van der Waals surface area contributed by atoms with Crippen LogP contribution in [0.1, 0.15) is 15.2 Å². The van der Waals surface area contributed by atoms with Crippen molar-refractivity contribution in [2.24, 2.45) is 0 Å². The second kappa shape index (κ2) is 8.44. The number of hydrogen-bond acceptors (Lipinski definition) is 6. The lowest BCUT2D eigenvalue weighted by Crippen LogP contribution is -2.34. The van der Waals surface area contributed by atoms with Crippen molar-refractivity contribution in [3.8, 4) is 11.4 Å². The van der Waals surface area contributed by atoms with Gasteiger partial charge in [-0.1, -0.05) is 11.6 Å². The Morgan fingerprint density at radius 3 is 2.81 bits per heavy atom. The van der Waals surface area contributed by atoms with E-state index >= 15 is 0 Å². The number of aryl methyl sites for hydroxylation is 1. The number of carbonyl (C=O) groups excluding carboxylic acids is 2. The number of aromatic hydroxyl groups is 1. The molecule has 31 heavy (non-hydrogen) atoms. The number of ether oxygens (including phenoxy) is 1. The first-order chi connectivity index (χ1) is 14.8. The van der Waals surface area contributed by atoms with Crippen LogP contribution in [0.15, 0.2) is 53.5 Å². The number of benzene rings is 1. The van der Waals surface area contributed by atoms with E-state index in [4.69, 9.17) is 16.3 Å². The predicted molar refractivity (Wildman–Crippen MR) is 118 cm³/mol. The normalized spacial score (nSPS) is 15.7. The van der Waals surface area contributed by atoms with Crippen LogP contribution in [0.2, 0.25) is 4.34 Å². The van der Waals surface area contributed by atoms with Gasteiger partial charge in [-0.05, 0) is 55.0 Å². The SMILES string of the molecule is Cc1cc(N2C[C@H](CNC(=O)c3ccc(Cl)s3)OC2=O)ccc1-n1cccc(O)c1=O. The van der Waals surface area contributed by atoms with Crippen molar-refractivity contribution in [2.75, 3.05) is 18.0 Å². The lowest BCUT2D eigenvalue weighted by Gasteiger charge is -2.16. The number of cyclic esters (lactones) is 1. The molecule has 4 rings (SSSR count). The summed E-state index contributed by atoms with van der Waals surface area (Å²) in [6.45, 7) is 2.25. The minimum absolute atomic E-state index is 0.173. The fraction of sp³-hybridized carbons (Fsp3) is 0.190. The molecule has 8 nitrogen and oxygen atoms in total. The fourth-order valence-electron chi connectivity index (χ4n) is 3.32. The Hall–Kier alpha value is -3.30. The highest BCUT2D eigenvalue weighted by Crippen LogP contribution is 2.26. The summed E-state index contributed by atoms with van der Waals surface area (Å²) in [6, 6.07) is 11.4. The Morgan fingerprint density at radius 2 is 2.10 bits per heavy atom. The van der Waals surface area contributed by atoms with Crippen LogP contribution in [0.25, 0.3) is 5.69 Å². The second-order valence-corrected chi connectivity index (χ2v) is 8.68. The number of anilines is 1. The van der Waals surface area contributed by atoms with Crippen molar-refractivity contribution in [2.45, 2.75) is 13.0 Å². The molecule has 1 aromatic carbocycles. The number of pyridine rings is 1. The molecular formula is C21H18ClN3O5S. The number of thiophene rings is 1. The van der Waals surface area contributed by atoms with E-state index in [1.807, 2.05) is 0 Å². The topological polar surface area (TPSA) is 101 Å². The van der Waals surface area contributed by atoms with Crippen LogP contribution in [0.5, 0.6) is 5.75 Å². The Labute approximate surface area is 186 Å². The third-order valence-corrected chi connectivity index (χ3v) is 6.07. The van der Waals surface area contributed by atoms with E-state index < -0.39 is 17.8 Å². The highest BCUT2D eigenvalue weighted by molar-refractivity contribution is 7.18. The van der Waals surface area contributed by atoms with Crippen LogP contribution < -0.4 is 15.8 Å². The first-order valence-corrected chi connectivity index (χ1v) is 10.6. The van der Waals surface area contributed by atoms with E-state index in [1.54, 1.807) is 49.5 Å². The third kappa shape index (κ3) is 4.28. The number of nitrogens with zero attached hydrogens (tertiary/aromatic N) is 2. The number of halogens is 1. The molecule has 0 unspecified atom stereocenters. The summed E-state index contributed by atoms with van der Waals surface area (Å²) < 4.78 is 7.23. The molecule has 0 bridgehead atoms. The van der Waals surface area contributed by atoms with E-state index in [-0.39, 0.29) is 24.7 Å². The minimum atomic E-state index is -0.526. The highest BCUT2D eigenvalue weighted by atomic mass is 35.5. The van der Waals surface area contributed by atoms with Gasteiger partial charge in [0.25, 0.3) is 11.5 Å². The van der Waals surface area contributed by atoms with Gasteiger partial charge in [0.05, 0.1) is 28.0 Å². The summed E-state index contributed by atoms with van der Waals surface area (Å²) in [6.07, 6.45) is 0.550. The molecule has 3 heterocycles. The summed E-state index contributed by atoms with van der Waals surface area (Å²) in [5.74, 6) is -0.619. The smallest absolute Gasteiger partial charge is 0.414 e. The summed E-state index contributed by atoms with van der Waals surface area (Å²) in [5, 5.41) is 12.4. The van der Waals surface area contributed by atoms with E-state index in [0.29, 0.717) is 20.6 Å². The average Bonchev–Trinajstić information content (AvgIpc) is 3.34. The summed E-state index contributed by atoms with van der Waals surface area (Å²) >= 11 is 7.02. The maximum absolute atomic E-state index is 12.4. The molecule has 0 radical (unpaired) electrons. The molecular weight excluding hydrogens is 442 g/mol. The zero-order valence-corrected chi connectivity index (χ0v) is 17.9. The van der Waals surface area contributed by atoms with Crippen molar-refractivity contribution in [1.82, 2.24) is 9.88 Å². The van der Waals surface area contributed by atoms with Gasteiger partial charge in [-0.15, -0.1) is 11.3 Å². The van der Waals surface area contributed by atoms with Gasteiger partial charge in [-0.25, -0.2) is 4.79 Å². The number of nitrogens with one attached hydrogen (secondary N) is 1. The van der Waals surface area contributed by atoms with E-state index in [2.05, 4.69) is 5.32 Å². The van der Waals surface area contributed by atoms with Crippen molar-refractivity contribution < 1.29 is 19.4 Å². The second-order valence-electron chi connectivity index (χ2n) is 6.97. The zero-order valence-electron chi connectivity index (χ0n) is 16.4. The van der Waals surface area contributed by atoms with Gasteiger partial charge in [-0.3, -0.25) is 19.1 Å². The maximum atomic E-state index is 12.4. The van der Waals surface area contributed by atoms with Gasteiger partial charge < -0.3 is 15.2 Å². The molecule has 1 aliphatic heterocycles. The molecule has 1 saturated heterocycles. The lowest BCUT2D eigenvalue weighted by atomic mass is 10.1. The number of aromatic nitrogens is 1. The monoisotopic (exact) mass is 459 g/mol. The lowest BCUT2D eigenvalue weighted by molar-refractivity contribution is 0.0920. The Morgan fingerprint density at radius 1 is 1.29 bits per heavy atom. The van der Waals surface area contributed by atoms with Crippen molar-refractivity contribution in [3.63, 3.8) is 0 Å². The average molecular weight is 460 g/mol. The van der Waals surface area contributed by atoms with E-state index in [0.717, 1.165) is 5.56 Å². The molecule has 0 spiro atoms. The first kappa shape index (κ1) is 21.0. The number of rotatable bonds is 5. The number of carbonyl (C=O) groups is 2. The molecule has 1 fully saturated rings. The van der Waals surface area contributed by atoms with Crippen LogP contribution in [0.4, 0.5) is 10.5 Å². The summed E-state index contributed by atoms with van der Waals surface area (Å²) in [4.78, 5) is 38.6. The molecule has 0 aliphatic carbocycles. The quantitative estimate of drug-likeness (QED) is 0.609. The van der Waals surface area contributed by atoms with Crippen molar-refractivity contribution in [1.29, 1.82) is 0 Å². The summed E-state index contributed by atoms with van der Waals surface area (Å²) in [7, 11) is 0. The molecule has 0 saturated carbocycles. The van der Waals surface area contributed by atoms with Crippen LogP contribution >= 0.6 is 22.9 Å². The minimum Gasteiger partial charge on any atom is -0.503 e. The van der Waals surface area contributed by atoms with Gasteiger partial charge in [-0.2, -0.15) is 0 Å². The Bertz CT molecular complexity index is 1220. The van der Waals surface area contributed by atoms with Crippen molar-refractivity contribution in [3.05, 3.63) is 73.8 Å². The zero-order chi connectivity index (χ0) is 22.1. The van der Waals surface area contributed by atoms with Crippen molar-refractivity contribution >= 4 is 40.6 Å². The standard InChI is InChI=1S/C21H18ClN3O5S/c1-12-9-13(4-5-15(12)24-8-2-3-16(26)20(24)28)25-11-14(30-21(25)29)10-23-19(27)17-6-7-18(22)31-17/h2-9,14,26H,10-11H2,1H3,(H,23,27)/t14-/m0/s1. The molecule has 2 aromatic heterocycles. The Balaban J connectivity index is 1.45. The van der Waals surface area contributed by atoms with Gasteiger partial charge in [0, 0.05) is 11.9 Å². The largest absolute Gasteiger partial charge is 0.503 e. The molecule has 3 aromatic rings. The fourth-order valence-corrected chi connectivity index (χ4v) is 4.28. The van der Waals surface area contributed by atoms with Gasteiger partial charge in [0.15, 0.2) is 5.75 Å². The van der Waals surface area contributed by atoms with Crippen LogP contribution in [-0.4, -0.2) is 40.9 Å². The molecule has 2 N–H and O–H groups in total.